The fourth-order valence-electron chi connectivity index (χ4n) is 4.16. The van der Waals surface area contributed by atoms with Crippen LogP contribution in [-0.4, -0.2) is 60.4 Å². The number of nitrogens with zero attached hydrogens (tertiary/aromatic N) is 2. The molecule has 2 aliphatic heterocycles. The molecule has 2 heterocycles. The maximum atomic E-state index is 12.9. The van der Waals surface area contributed by atoms with E-state index in [1.807, 2.05) is 9.80 Å². The molecule has 5 heteroatoms. The van der Waals surface area contributed by atoms with Gasteiger partial charge in [0.25, 0.3) is 0 Å². The van der Waals surface area contributed by atoms with E-state index in [0.29, 0.717) is 25.4 Å². The largest absolute Gasteiger partial charge is 0.341 e. The van der Waals surface area contributed by atoms with Gasteiger partial charge in [-0.1, -0.05) is 45.0 Å². The standard InChI is InChI=1S/C22H33N3O2/c1-16(2)18-6-8-19(9-7-18)17(3)13-21(26)24-11-4-5-20(15-24)25-12-10-23-14-22(25)27/h6-9,16-17,20,23H,4-5,10-15H2,1-3H3. The normalized spacial score (nSPS) is 22.2. The minimum atomic E-state index is 0.166. The van der Waals surface area contributed by atoms with Gasteiger partial charge in [0, 0.05) is 38.6 Å². The van der Waals surface area contributed by atoms with E-state index in [9.17, 15) is 9.59 Å². The van der Waals surface area contributed by atoms with Gasteiger partial charge in [0.15, 0.2) is 0 Å². The summed E-state index contributed by atoms with van der Waals surface area (Å²) in [5, 5.41) is 3.12. The number of amides is 2. The Morgan fingerprint density at radius 2 is 1.85 bits per heavy atom. The maximum Gasteiger partial charge on any atom is 0.236 e. The average molecular weight is 372 g/mol. The summed E-state index contributed by atoms with van der Waals surface area (Å²) in [5.41, 5.74) is 2.55. The summed E-state index contributed by atoms with van der Waals surface area (Å²) in [7, 11) is 0. The van der Waals surface area contributed by atoms with E-state index < -0.39 is 0 Å². The summed E-state index contributed by atoms with van der Waals surface area (Å²) in [6, 6.07) is 8.84. The van der Waals surface area contributed by atoms with Crippen molar-refractivity contribution in [1.29, 1.82) is 0 Å². The van der Waals surface area contributed by atoms with Crippen LogP contribution in [0.4, 0.5) is 0 Å². The molecule has 2 amide bonds. The van der Waals surface area contributed by atoms with Crippen molar-refractivity contribution in [2.45, 2.75) is 57.9 Å². The van der Waals surface area contributed by atoms with E-state index in [4.69, 9.17) is 0 Å². The Morgan fingerprint density at radius 3 is 2.52 bits per heavy atom. The molecule has 27 heavy (non-hydrogen) atoms. The smallest absolute Gasteiger partial charge is 0.236 e. The summed E-state index contributed by atoms with van der Waals surface area (Å²) in [6.45, 7) is 10.0. The minimum absolute atomic E-state index is 0.166. The van der Waals surface area contributed by atoms with Crippen LogP contribution < -0.4 is 5.32 Å². The van der Waals surface area contributed by atoms with Crippen molar-refractivity contribution in [3.63, 3.8) is 0 Å². The number of piperidine rings is 1. The lowest BCUT2D eigenvalue weighted by atomic mass is 9.93. The molecular weight excluding hydrogens is 338 g/mol. The van der Waals surface area contributed by atoms with Gasteiger partial charge in [-0.25, -0.2) is 0 Å². The first kappa shape index (κ1) is 19.9. The summed E-state index contributed by atoms with van der Waals surface area (Å²) < 4.78 is 0. The van der Waals surface area contributed by atoms with Crippen molar-refractivity contribution in [2.75, 3.05) is 32.7 Å². The Morgan fingerprint density at radius 1 is 1.15 bits per heavy atom. The fraction of sp³-hybridized carbons (Fsp3) is 0.636. The minimum Gasteiger partial charge on any atom is -0.341 e. The van der Waals surface area contributed by atoms with E-state index in [-0.39, 0.29) is 23.8 Å². The Kier molecular flexibility index (Phi) is 6.53. The number of piperazine rings is 1. The predicted molar refractivity (Wildman–Crippen MR) is 108 cm³/mol. The molecule has 2 saturated heterocycles. The van der Waals surface area contributed by atoms with Crippen LogP contribution in [-0.2, 0) is 9.59 Å². The van der Waals surface area contributed by atoms with E-state index in [2.05, 4.69) is 50.4 Å². The number of rotatable bonds is 5. The molecule has 2 aliphatic rings. The summed E-state index contributed by atoms with van der Waals surface area (Å²) >= 11 is 0. The van der Waals surface area contributed by atoms with Crippen LogP contribution in [0.15, 0.2) is 24.3 Å². The van der Waals surface area contributed by atoms with Gasteiger partial charge in [0.05, 0.1) is 6.54 Å². The Balaban J connectivity index is 1.57. The molecule has 2 unspecified atom stereocenters. The van der Waals surface area contributed by atoms with Gasteiger partial charge in [-0.15, -0.1) is 0 Å². The second-order valence-corrected chi connectivity index (χ2v) is 8.33. The molecule has 1 aromatic rings. The number of carbonyl (C=O) groups is 2. The van der Waals surface area contributed by atoms with Gasteiger partial charge in [-0.05, 0) is 35.8 Å². The second kappa shape index (κ2) is 8.87. The number of nitrogens with one attached hydrogen (secondary N) is 1. The van der Waals surface area contributed by atoms with Gasteiger partial charge in [-0.2, -0.15) is 0 Å². The van der Waals surface area contributed by atoms with E-state index in [1.165, 1.54) is 11.1 Å². The molecule has 2 fully saturated rings. The highest BCUT2D eigenvalue weighted by atomic mass is 16.2. The lowest BCUT2D eigenvalue weighted by Crippen LogP contribution is -2.57. The third kappa shape index (κ3) is 4.89. The lowest BCUT2D eigenvalue weighted by molar-refractivity contribution is -0.140. The molecule has 0 spiro atoms. The molecule has 1 aromatic carbocycles. The van der Waals surface area contributed by atoms with Crippen molar-refractivity contribution in [1.82, 2.24) is 15.1 Å². The molecule has 0 radical (unpaired) electrons. The quantitative estimate of drug-likeness (QED) is 0.866. The highest BCUT2D eigenvalue weighted by molar-refractivity contribution is 5.80. The first-order valence-corrected chi connectivity index (χ1v) is 10.3. The van der Waals surface area contributed by atoms with E-state index in [1.54, 1.807) is 0 Å². The van der Waals surface area contributed by atoms with Crippen LogP contribution in [0.5, 0.6) is 0 Å². The van der Waals surface area contributed by atoms with Crippen molar-refractivity contribution in [3.05, 3.63) is 35.4 Å². The summed E-state index contributed by atoms with van der Waals surface area (Å²) in [6.07, 6.45) is 2.51. The molecule has 5 nitrogen and oxygen atoms in total. The highest BCUT2D eigenvalue weighted by Gasteiger charge is 2.31. The van der Waals surface area contributed by atoms with Gasteiger partial charge in [0.1, 0.15) is 0 Å². The average Bonchev–Trinajstić information content (AvgIpc) is 2.68. The van der Waals surface area contributed by atoms with Crippen LogP contribution in [0.25, 0.3) is 0 Å². The zero-order valence-corrected chi connectivity index (χ0v) is 16.9. The van der Waals surface area contributed by atoms with Crippen LogP contribution in [0.2, 0.25) is 0 Å². The fourth-order valence-corrected chi connectivity index (χ4v) is 4.16. The first-order valence-electron chi connectivity index (χ1n) is 10.3. The number of hydrogen-bond donors (Lipinski definition) is 1. The Bertz CT molecular complexity index is 656. The van der Waals surface area contributed by atoms with Crippen LogP contribution in [0, 0.1) is 0 Å². The van der Waals surface area contributed by atoms with Gasteiger partial charge in [0.2, 0.25) is 11.8 Å². The molecule has 2 atom stereocenters. The summed E-state index contributed by atoms with van der Waals surface area (Å²) in [5.74, 6) is 1.11. The third-order valence-corrected chi connectivity index (χ3v) is 5.97. The van der Waals surface area contributed by atoms with Crippen molar-refractivity contribution >= 4 is 11.8 Å². The molecule has 1 N–H and O–H groups in total. The monoisotopic (exact) mass is 371 g/mol. The van der Waals surface area contributed by atoms with Crippen molar-refractivity contribution in [3.8, 4) is 0 Å². The molecule has 0 aromatic heterocycles. The van der Waals surface area contributed by atoms with Gasteiger partial charge >= 0.3 is 0 Å². The number of hydrogen-bond acceptors (Lipinski definition) is 3. The lowest BCUT2D eigenvalue weighted by Gasteiger charge is -2.41. The SMILES string of the molecule is CC(C)c1ccc(C(C)CC(=O)N2CCCC(N3CCNCC3=O)C2)cc1. The molecule has 0 saturated carbocycles. The number of carbonyl (C=O) groups excluding carboxylic acids is 2. The first-order chi connectivity index (χ1) is 13.0. The second-order valence-electron chi connectivity index (χ2n) is 8.33. The maximum absolute atomic E-state index is 12.9. The zero-order chi connectivity index (χ0) is 19.4. The predicted octanol–water partition coefficient (Wildman–Crippen LogP) is 2.73. The van der Waals surface area contributed by atoms with Crippen LogP contribution in [0.1, 0.15) is 63.0 Å². The van der Waals surface area contributed by atoms with Crippen molar-refractivity contribution in [2.24, 2.45) is 0 Å². The third-order valence-electron chi connectivity index (χ3n) is 5.97. The molecular formula is C22H33N3O2. The Hall–Kier alpha value is -1.88. The number of likely N-dealkylation sites (tertiary alicyclic amines) is 1. The molecule has 0 bridgehead atoms. The van der Waals surface area contributed by atoms with Gasteiger partial charge in [-0.3, -0.25) is 9.59 Å². The van der Waals surface area contributed by atoms with E-state index in [0.717, 1.165) is 32.5 Å². The molecule has 3 rings (SSSR count). The van der Waals surface area contributed by atoms with Gasteiger partial charge < -0.3 is 15.1 Å². The zero-order valence-electron chi connectivity index (χ0n) is 16.9. The van der Waals surface area contributed by atoms with Crippen LogP contribution >= 0.6 is 0 Å². The molecule has 0 aliphatic carbocycles. The topological polar surface area (TPSA) is 52.7 Å². The van der Waals surface area contributed by atoms with E-state index >= 15 is 0 Å². The molecule has 148 valence electrons. The van der Waals surface area contributed by atoms with Crippen molar-refractivity contribution < 1.29 is 9.59 Å². The number of benzene rings is 1. The summed E-state index contributed by atoms with van der Waals surface area (Å²) in [4.78, 5) is 29.0. The van der Waals surface area contributed by atoms with Crippen LogP contribution in [0.3, 0.4) is 0 Å². The highest BCUT2D eigenvalue weighted by Crippen LogP contribution is 2.24. The Labute approximate surface area is 163 Å².